The number of nitrogens with one attached hydrogen (secondary N) is 1. The number of primary amides is 1. The number of hydrogen-bond donors (Lipinski definition) is 2. The van der Waals surface area contributed by atoms with Crippen LogP contribution in [0.3, 0.4) is 0 Å². The lowest BCUT2D eigenvalue weighted by Gasteiger charge is -2.18. The van der Waals surface area contributed by atoms with Crippen molar-refractivity contribution in [2.24, 2.45) is 5.73 Å². The molecule has 1 unspecified atom stereocenters. The molecule has 0 spiro atoms. The van der Waals surface area contributed by atoms with Crippen LogP contribution in [0.1, 0.15) is 52.0 Å². The van der Waals surface area contributed by atoms with Gasteiger partial charge in [0.1, 0.15) is 6.04 Å². The van der Waals surface area contributed by atoms with Crippen molar-refractivity contribution in [1.82, 2.24) is 10.2 Å². The third kappa shape index (κ3) is 7.98. The zero-order valence-electron chi connectivity index (χ0n) is 21.7. The van der Waals surface area contributed by atoms with Crippen LogP contribution in [0, 0.1) is 6.92 Å². The van der Waals surface area contributed by atoms with Gasteiger partial charge in [0.15, 0.2) is 0 Å². The van der Waals surface area contributed by atoms with E-state index in [1.54, 1.807) is 6.07 Å². The number of ketones is 1. The highest BCUT2D eigenvalue weighted by atomic mass is 16.2. The van der Waals surface area contributed by atoms with Crippen LogP contribution in [0.5, 0.6) is 0 Å². The van der Waals surface area contributed by atoms with Crippen molar-refractivity contribution in [3.63, 3.8) is 0 Å². The first-order valence-electron chi connectivity index (χ1n) is 12.6. The molecule has 3 aromatic rings. The van der Waals surface area contributed by atoms with Crippen LogP contribution in [0.2, 0.25) is 0 Å². The lowest BCUT2D eigenvalue weighted by Crippen LogP contribution is -2.47. The second-order valence-corrected chi connectivity index (χ2v) is 9.07. The zero-order valence-corrected chi connectivity index (χ0v) is 21.7. The number of rotatable bonds is 12. The average molecular weight is 498 g/mol. The van der Waals surface area contributed by atoms with Crippen LogP contribution in [0.4, 0.5) is 0 Å². The molecule has 3 aromatic carbocycles. The molecule has 0 aliphatic heterocycles. The van der Waals surface area contributed by atoms with Gasteiger partial charge in [0.2, 0.25) is 5.78 Å². The predicted molar refractivity (Wildman–Crippen MR) is 149 cm³/mol. The van der Waals surface area contributed by atoms with Crippen molar-refractivity contribution in [2.75, 3.05) is 13.1 Å². The number of carbonyl (C=O) groups is 3. The van der Waals surface area contributed by atoms with Gasteiger partial charge in [-0.25, -0.2) is 0 Å². The molecule has 2 amide bonds. The Hall–Kier alpha value is -4.03. The summed E-state index contributed by atoms with van der Waals surface area (Å²) in [6, 6.07) is 22.0. The fourth-order valence-electron chi connectivity index (χ4n) is 4.12. The molecular formula is C31H35N3O3. The summed E-state index contributed by atoms with van der Waals surface area (Å²) < 4.78 is 0. The van der Waals surface area contributed by atoms with Crippen LogP contribution in [0.25, 0.3) is 12.2 Å². The van der Waals surface area contributed by atoms with Crippen LogP contribution in [-0.2, 0) is 22.6 Å². The van der Waals surface area contributed by atoms with E-state index in [-0.39, 0.29) is 6.42 Å². The van der Waals surface area contributed by atoms with E-state index < -0.39 is 23.6 Å². The fraction of sp³-hybridized carbons (Fsp3) is 0.258. The number of benzene rings is 3. The van der Waals surface area contributed by atoms with E-state index in [9.17, 15) is 14.4 Å². The van der Waals surface area contributed by atoms with Gasteiger partial charge in [-0.1, -0.05) is 98.3 Å². The molecule has 1 atom stereocenters. The van der Waals surface area contributed by atoms with Crippen LogP contribution >= 0.6 is 0 Å². The topological polar surface area (TPSA) is 92.5 Å². The Labute approximate surface area is 219 Å². The molecule has 6 nitrogen and oxygen atoms in total. The summed E-state index contributed by atoms with van der Waals surface area (Å²) in [5, 5.41) is 2.73. The summed E-state index contributed by atoms with van der Waals surface area (Å²) in [6.07, 6.45) is 4.03. The molecule has 0 aliphatic carbocycles. The quantitative estimate of drug-likeness (QED) is 0.287. The molecule has 0 aliphatic rings. The molecule has 0 radical (unpaired) electrons. The highest BCUT2D eigenvalue weighted by Gasteiger charge is 2.26. The Morgan fingerprint density at radius 2 is 1.57 bits per heavy atom. The second-order valence-electron chi connectivity index (χ2n) is 9.07. The van der Waals surface area contributed by atoms with E-state index in [0.29, 0.717) is 5.56 Å². The molecule has 0 saturated heterocycles. The molecular weight excluding hydrogens is 462 g/mol. The Morgan fingerprint density at radius 3 is 2.19 bits per heavy atom. The van der Waals surface area contributed by atoms with Gasteiger partial charge in [0, 0.05) is 18.5 Å². The first kappa shape index (κ1) is 27.6. The molecule has 6 heteroatoms. The molecule has 3 rings (SSSR count). The van der Waals surface area contributed by atoms with Gasteiger partial charge in [-0.3, -0.25) is 19.3 Å². The van der Waals surface area contributed by atoms with Gasteiger partial charge in [-0.2, -0.15) is 0 Å². The van der Waals surface area contributed by atoms with Crippen molar-refractivity contribution in [3.8, 4) is 0 Å². The maximum atomic E-state index is 13.3. The molecule has 0 heterocycles. The number of aryl methyl sites for hydroxylation is 1. The van der Waals surface area contributed by atoms with Crippen molar-refractivity contribution >= 4 is 29.7 Å². The molecule has 0 aromatic heterocycles. The van der Waals surface area contributed by atoms with Crippen molar-refractivity contribution < 1.29 is 14.4 Å². The number of amides is 2. The summed E-state index contributed by atoms with van der Waals surface area (Å²) in [5.41, 5.74) is 10.5. The first-order valence-corrected chi connectivity index (χ1v) is 12.6. The van der Waals surface area contributed by atoms with Crippen LogP contribution < -0.4 is 11.1 Å². The smallest absolute Gasteiger partial charge is 0.287 e. The predicted octanol–water partition coefficient (Wildman–Crippen LogP) is 4.40. The van der Waals surface area contributed by atoms with E-state index >= 15 is 0 Å². The summed E-state index contributed by atoms with van der Waals surface area (Å²) >= 11 is 0. The minimum atomic E-state index is -1.07. The first-order chi connectivity index (χ1) is 17.8. The van der Waals surface area contributed by atoms with E-state index in [1.165, 1.54) is 5.56 Å². The highest BCUT2D eigenvalue weighted by Crippen LogP contribution is 2.17. The third-order valence-corrected chi connectivity index (χ3v) is 6.33. The van der Waals surface area contributed by atoms with Gasteiger partial charge in [-0.05, 0) is 48.3 Å². The van der Waals surface area contributed by atoms with E-state index in [4.69, 9.17) is 5.73 Å². The molecule has 0 bridgehead atoms. The fourth-order valence-corrected chi connectivity index (χ4v) is 4.12. The van der Waals surface area contributed by atoms with Gasteiger partial charge in [0.25, 0.3) is 11.8 Å². The van der Waals surface area contributed by atoms with Gasteiger partial charge >= 0.3 is 0 Å². The van der Waals surface area contributed by atoms with Crippen LogP contribution in [-0.4, -0.2) is 41.6 Å². The lowest BCUT2D eigenvalue weighted by atomic mass is 9.99. The minimum Gasteiger partial charge on any atom is -0.363 e. The van der Waals surface area contributed by atoms with E-state index in [1.807, 2.05) is 61.5 Å². The SMILES string of the molecule is CCN(CC)Cc1ccc(C=Cc2cc(C)ccc2C(=O)NC(Cc2ccccc2)C(=O)C(N)=O)cc1. The summed E-state index contributed by atoms with van der Waals surface area (Å²) in [7, 11) is 0. The average Bonchev–Trinajstić information content (AvgIpc) is 2.90. The zero-order chi connectivity index (χ0) is 26.8. The minimum absolute atomic E-state index is 0.172. The van der Waals surface area contributed by atoms with E-state index in [2.05, 4.69) is 48.3 Å². The normalized spacial score (nSPS) is 12.0. The van der Waals surface area contributed by atoms with Crippen LogP contribution in [0.15, 0.2) is 72.8 Å². The third-order valence-electron chi connectivity index (χ3n) is 6.33. The van der Waals surface area contributed by atoms with E-state index in [0.717, 1.165) is 41.9 Å². The summed E-state index contributed by atoms with van der Waals surface area (Å²) in [4.78, 5) is 39.8. The maximum absolute atomic E-state index is 13.3. The Bertz CT molecular complexity index is 1250. The van der Waals surface area contributed by atoms with Gasteiger partial charge in [0.05, 0.1) is 0 Å². The molecule has 37 heavy (non-hydrogen) atoms. The number of hydrogen-bond acceptors (Lipinski definition) is 4. The Kier molecular flexibility index (Phi) is 9.92. The number of nitrogens with zero attached hydrogens (tertiary/aromatic N) is 1. The molecule has 0 saturated carbocycles. The molecule has 0 fully saturated rings. The lowest BCUT2D eigenvalue weighted by molar-refractivity contribution is -0.137. The van der Waals surface area contributed by atoms with Crippen molar-refractivity contribution in [3.05, 3.63) is 106 Å². The Morgan fingerprint density at radius 1 is 0.892 bits per heavy atom. The number of carbonyl (C=O) groups excluding carboxylic acids is 3. The maximum Gasteiger partial charge on any atom is 0.287 e. The monoisotopic (exact) mass is 497 g/mol. The largest absolute Gasteiger partial charge is 0.363 e. The second kappa shape index (κ2) is 13.3. The summed E-state index contributed by atoms with van der Waals surface area (Å²) in [6.45, 7) is 9.19. The Balaban J connectivity index is 1.80. The number of nitrogens with two attached hydrogens (primary N) is 1. The van der Waals surface area contributed by atoms with Crippen molar-refractivity contribution in [1.29, 1.82) is 0 Å². The number of Topliss-reactive ketones (excluding diaryl/α,β-unsaturated/α-hetero) is 1. The molecule has 192 valence electrons. The summed E-state index contributed by atoms with van der Waals surface area (Å²) in [5.74, 6) is -2.34. The van der Waals surface area contributed by atoms with Gasteiger partial charge < -0.3 is 11.1 Å². The highest BCUT2D eigenvalue weighted by molar-refractivity contribution is 6.38. The van der Waals surface area contributed by atoms with Gasteiger partial charge in [-0.15, -0.1) is 0 Å². The molecule has 3 N–H and O–H groups in total. The van der Waals surface area contributed by atoms with Crippen molar-refractivity contribution in [2.45, 2.75) is 39.8 Å². The standard InChI is InChI=1S/C31H35N3O3/c1-4-34(5-2)21-25-14-12-23(13-15-25)16-17-26-19-22(3)11-18-27(26)31(37)33-28(29(35)30(32)36)20-24-9-7-6-8-10-24/h6-19,28H,4-5,20-21H2,1-3H3,(H2,32,36)(H,33,37).